The quantitative estimate of drug-likeness (QED) is 0.642. The number of aromatic nitrogens is 4. The molecule has 0 aliphatic heterocycles. The fourth-order valence-corrected chi connectivity index (χ4v) is 2.98. The first-order valence-electron chi connectivity index (χ1n) is 9.01. The van der Waals surface area contributed by atoms with E-state index in [9.17, 15) is 14.4 Å². The number of nitrogens with one attached hydrogen (secondary N) is 1. The van der Waals surface area contributed by atoms with Crippen molar-refractivity contribution in [2.45, 2.75) is 46.4 Å². The Kier molecular flexibility index (Phi) is 5.54. The molecule has 0 bridgehead atoms. The normalized spacial score (nSPS) is 11.0. The van der Waals surface area contributed by atoms with Gasteiger partial charge in [-0.1, -0.05) is 31.5 Å². The summed E-state index contributed by atoms with van der Waals surface area (Å²) >= 11 is 0. The number of nitrogens with zero attached hydrogens (tertiary/aromatic N) is 3. The highest BCUT2D eigenvalue weighted by Gasteiger charge is 2.19. The number of H-pyrrole nitrogens is 1. The van der Waals surface area contributed by atoms with Crippen molar-refractivity contribution in [1.82, 2.24) is 19.1 Å². The van der Waals surface area contributed by atoms with Gasteiger partial charge in [-0.25, -0.2) is 14.6 Å². The number of unbranched alkanes of at least 4 members (excludes halogenated alkanes) is 1. The zero-order valence-corrected chi connectivity index (χ0v) is 15.4. The highest BCUT2D eigenvalue weighted by atomic mass is 16.5. The average Bonchev–Trinajstić information content (AvgIpc) is 3.05. The Balaban J connectivity index is 1.98. The van der Waals surface area contributed by atoms with Gasteiger partial charge >= 0.3 is 11.7 Å². The van der Waals surface area contributed by atoms with Crippen LogP contribution in [0.5, 0.6) is 0 Å². The molecule has 0 fully saturated rings. The van der Waals surface area contributed by atoms with E-state index in [-0.39, 0.29) is 6.61 Å². The van der Waals surface area contributed by atoms with Crippen LogP contribution in [0.1, 0.15) is 42.9 Å². The van der Waals surface area contributed by atoms with E-state index in [0.717, 1.165) is 12.8 Å². The summed E-state index contributed by atoms with van der Waals surface area (Å²) in [7, 11) is 0. The minimum atomic E-state index is -0.488. The summed E-state index contributed by atoms with van der Waals surface area (Å²) in [5.41, 5.74) is 0.116. The number of hydrogen-bond acceptors (Lipinski definition) is 5. The molecule has 0 aliphatic rings. The smallest absolute Gasteiger partial charge is 0.338 e. The number of benzene rings is 1. The number of aryl methyl sites for hydroxylation is 2. The van der Waals surface area contributed by atoms with Gasteiger partial charge in [0.2, 0.25) is 0 Å². The van der Waals surface area contributed by atoms with E-state index >= 15 is 0 Å². The maximum atomic E-state index is 12.3. The topological polar surface area (TPSA) is 99.0 Å². The fourth-order valence-electron chi connectivity index (χ4n) is 2.98. The number of imidazole rings is 1. The molecule has 2 aromatic heterocycles. The van der Waals surface area contributed by atoms with Crippen LogP contribution < -0.4 is 11.2 Å². The minimum absolute atomic E-state index is 0.0857. The monoisotopic (exact) mass is 370 g/mol. The lowest BCUT2D eigenvalue weighted by atomic mass is 10.2. The van der Waals surface area contributed by atoms with E-state index in [1.165, 1.54) is 4.57 Å². The second kappa shape index (κ2) is 8.03. The first-order chi connectivity index (χ1) is 13.1. The lowest BCUT2D eigenvalue weighted by molar-refractivity contribution is 0.0458. The molecule has 0 amide bonds. The van der Waals surface area contributed by atoms with Gasteiger partial charge in [0.15, 0.2) is 11.2 Å². The van der Waals surface area contributed by atoms with Crippen molar-refractivity contribution in [2.75, 3.05) is 0 Å². The molecule has 0 saturated carbocycles. The van der Waals surface area contributed by atoms with Gasteiger partial charge in [0.1, 0.15) is 12.4 Å². The molecule has 2 heterocycles. The second-order valence-corrected chi connectivity index (χ2v) is 6.15. The van der Waals surface area contributed by atoms with E-state index in [1.54, 1.807) is 28.8 Å². The maximum Gasteiger partial charge on any atom is 0.338 e. The number of ether oxygens (including phenoxy) is 1. The van der Waals surface area contributed by atoms with Crippen molar-refractivity contribution in [2.24, 2.45) is 0 Å². The van der Waals surface area contributed by atoms with Gasteiger partial charge in [-0.2, -0.15) is 0 Å². The van der Waals surface area contributed by atoms with Crippen molar-refractivity contribution in [1.29, 1.82) is 0 Å². The fraction of sp³-hybridized carbons (Fsp3) is 0.368. The zero-order chi connectivity index (χ0) is 19.4. The SMILES string of the molecule is CCCCn1c(=O)[nH]c(=O)c2c1nc(COC(=O)c1ccccc1)n2CC. The van der Waals surface area contributed by atoms with E-state index < -0.39 is 17.2 Å². The number of rotatable bonds is 7. The van der Waals surface area contributed by atoms with Crippen LogP contribution in [0.4, 0.5) is 0 Å². The number of carbonyl (C=O) groups excluding carboxylic acids is 1. The van der Waals surface area contributed by atoms with Gasteiger partial charge < -0.3 is 9.30 Å². The predicted molar refractivity (Wildman–Crippen MR) is 101 cm³/mol. The van der Waals surface area contributed by atoms with Crippen molar-refractivity contribution < 1.29 is 9.53 Å². The van der Waals surface area contributed by atoms with Crippen LogP contribution in [-0.2, 0) is 24.4 Å². The summed E-state index contributed by atoms with van der Waals surface area (Å²) < 4.78 is 8.50. The Hall–Kier alpha value is -3.16. The molecular formula is C19H22N4O4. The van der Waals surface area contributed by atoms with Crippen LogP contribution in [0.2, 0.25) is 0 Å². The molecule has 8 heteroatoms. The Bertz CT molecular complexity index is 1060. The molecule has 3 aromatic rings. The largest absolute Gasteiger partial charge is 0.454 e. The third kappa shape index (κ3) is 3.69. The van der Waals surface area contributed by atoms with Gasteiger partial charge in [-0.15, -0.1) is 0 Å². The van der Waals surface area contributed by atoms with Crippen LogP contribution in [0.3, 0.4) is 0 Å². The number of carbonyl (C=O) groups is 1. The molecule has 1 N–H and O–H groups in total. The van der Waals surface area contributed by atoms with Crippen molar-refractivity contribution in [3.05, 3.63) is 62.6 Å². The van der Waals surface area contributed by atoms with E-state index in [0.29, 0.717) is 35.6 Å². The third-order valence-electron chi connectivity index (χ3n) is 4.36. The standard InChI is InChI=1S/C19H22N4O4/c1-3-5-11-23-16-15(17(24)21-19(23)26)22(4-2)14(20-16)12-27-18(25)13-9-7-6-8-10-13/h6-10H,3-5,11-12H2,1-2H3,(H,21,24,26). The molecule has 3 rings (SSSR count). The van der Waals surface area contributed by atoms with Gasteiger partial charge in [0.05, 0.1) is 5.56 Å². The summed E-state index contributed by atoms with van der Waals surface area (Å²) in [4.78, 5) is 43.5. The average molecular weight is 370 g/mol. The van der Waals surface area contributed by atoms with Crippen molar-refractivity contribution >= 4 is 17.1 Å². The molecule has 142 valence electrons. The Morgan fingerprint density at radius 3 is 2.56 bits per heavy atom. The van der Waals surface area contributed by atoms with Crippen molar-refractivity contribution in [3.63, 3.8) is 0 Å². The van der Waals surface area contributed by atoms with Crippen LogP contribution >= 0.6 is 0 Å². The summed E-state index contributed by atoms with van der Waals surface area (Å²) in [6, 6.07) is 8.65. The molecule has 27 heavy (non-hydrogen) atoms. The summed E-state index contributed by atoms with van der Waals surface area (Å²) in [5, 5.41) is 0. The molecule has 1 aromatic carbocycles. The Morgan fingerprint density at radius 2 is 1.89 bits per heavy atom. The molecule has 0 saturated heterocycles. The first-order valence-corrected chi connectivity index (χ1v) is 9.01. The lowest BCUT2D eigenvalue weighted by Crippen LogP contribution is -2.31. The Morgan fingerprint density at radius 1 is 1.15 bits per heavy atom. The van der Waals surface area contributed by atoms with Gasteiger partial charge in [-0.05, 0) is 25.5 Å². The highest BCUT2D eigenvalue weighted by molar-refractivity contribution is 5.89. The highest BCUT2D eigenvalue weighted by Crippen LogP contribution is 2.14. The second-order valence-electron chi connectivity index (χ2n) is 6.15. The van der Waals surface area contributed by atoms with Gasteiger partial charge in [0, 0.05) is 13.1 Å². The number of fused-ring (bicyclic) bond motifs is 1. The molecule has 0 radical (unpaired) electrons. The number of esters is 1. The summed E-state index contributed by atoms with van der Waals surface area (Å²) in [5.74, 6) is -0.0410. The number of hydrogen-bond donors (Lipinski definition) is 1. The van der Waals surface area contributed by atoms with E-state index in [2.05, 4.69) is 9.97 Å². The van der Waals surface area contributed by atoms with E-state index in [1.807, 2.05) is 19.9 Å². The summed E-state index contributed by atoms with van der Waals surface area (Å²) in [6.45, 7) is 4.73. The Labute approximate surface area is 155 Å². The number of aromatic amines is 1. The lowest BCUT2D eigenvalue weighted by Gasteiger charge is -2.07. The maximum absolute atomic E-state index is 12.3. The van der Waals surface area contributed by atoms with Crippen molar-refractivity contribution in [3.8, 4) is 0 Å². The molecule has 0 unspecified atom stereocenters. The third-order valence-corrected chi connectivity index (χ3v) is 4.36. The van der Waals surface area contributed by atoms with Crippen LogP contribution in [0, 0.1) is 0 Å². The predicted octanol–water partition coefficient (Wildman–Crippen LogP) is 2.06. The van der Waals surface area contributed by atoms with Crippen LogP contribution in [-0.4, -0.2) is 25.1 Å². The molecular weight excluding hydrogens is 348 g/mol. The molecule has 8 nitrogen and oxygen atoms in total. The minimum Gasteiger partial charge on any atom is -0.454 e. The zero-order valence-electron chi connectivity index (χ0n) is 15.4. The van der Waals surface area contributed by atoms with Crippen LogP contribution in [0.15, 0.2) is 39.9 Å². The van der Waals surface area contributed by atoms with Gasteiger partial charge in [-0.3, -0.25) is 14.3 Å². The summed E-state index contributed by atoms with van der Waals surface area (Å²) in [6.07, 6.45) is 1.70. The molecule has 0 spiro atoms. The van der Waals surface area contributed by atoms with Crippen LogP contribution in [0.25, 0.3) is 11.2 Å². The van der Waals surface area contributed by atoms with E-state index in [4.69, 9.17) is 4.74 Å². The molecule has 0 atom stereocenters. The first kappa shape index (κ1) is 18.6. The van der Waals surface area contributed by atoms with Gasteiger partial charge in [0.25, 0.3) is 5.56 Å². The molecule has 0 aliphatic carbocycles.